The number of nitrogens with one attached hydrogen (secondary N) is 3. The zero-order chi connectivity index (χ0) is 20.9. The maximum Gasteiger partial charge on any atom is 0.315 e. The van der Waals surface area contributed by atoms with Gasteiger partial charge in [-0.2, -0.15) is 0 Å². The van der Waals surface area contributed by atoms with Crippen molar-refractivity contribution in [1.29, 1.82) is 0 Å². The smallest absolute Gasteiger partial charge is 0.315 e. The topological polar surface area (TPSA) is 90.5 Å². The van der Waals surface area contributed by atoms with Crippen molar-refractivity contribution in [3.63, 3.8) is 0 Å². The molecule has 0 atom stereocenters. The number of carbonyl (C=O) groups excluding carboxylic acids is 1. The molecule has 0 unspecified atom stereocenters. The van der Waals surface area contributed by atoms with E-state index in [0.29, 0.717) is 5.39 Å². The molecule has 1 saturated carbocycles. The molecular weight excluding hydrogens is 388 g/mol. The molecule has 0 aromatic heterocycles. The second-order valence-corrected chi connectivity index (χ2v) is 9.39. The SMILES string of the molecule is CN(C)c1cccc2c(S(=O)(=O)NCCNC(=O)NC3CCCCC3)cccc12. The molecule has 1 fully saturated rings. The molecule has 3 N–H and O–H groups in total. The highest BCUT2D eigenvalue weighted by molar-refractivity contribution is 7.89. The van der Waals surface area contributed by atoms with E-state index in [9.17, 15) is 13.2 Å². The number of benzene rings is 2. The molecule has 0 radical (unpaired) electrons. The molecule has 0 heterocycles. The zero-order valence-electron chi connectivity index (χ0n) is 17.1. The highest BCUT2D eigenvalue weighted by Gasteiger charge is 2.19. The number of urea groups is 1. The molecule has 2 aromatic carbocycles. The molecule has 1 aliphatic rings. The van der Waals surface area contributed by atoms with Crippen LogP contribution < -0.4 is 20.3 Å². The van der Waals surface area contributed by atoms with Crippen LogP contribution in [0.25, 0.3) is 10.8 Å². The van der Waals surface area contributed by atoms with E-state index < -0.39 is 10.0 Å². The fourth-order valence-electron chi connectivity index (χ4n) is 3.81. The molecule has 7 nitrogen and oxygen atoms in total. The van der Waals surface area contributed by atoms with E-state index in [4.69, 9.17) is 0 Å². The van der Waals surface area contributed by atoms with Crippen LogP contribution in [0.5, 0.6) is 0 Å². The number of sulfonamides is 1. The molecule has 0 saturated heterocycles. The second kappa shape index (κ2) is 9.45. The van der Waals surface area contributed by atoms with Gasteiger partial charge in [-0.15, -0.1) is 0 Å². The van der Waals surface area contributed by atoms with Gasteiger partial charge in [-0.05, 0) is 25.0 Å². The highest BCUT2D eigenvalue weighted by Crippen LogP contribution is 2.30. The summed E-state index contributed by atoms with van der Waals surface area (Å²) < 4.78 is 28.3. The van der Waals surface area contributed by atoms with Crippen molar-refractivity contribution in [3.05, 3.63) is 36.4 Å². The Morgan fingerprint density at radius 3 is 2.41 bits per heavy atom. The Kier molecular flexibility index (Phi) is 6.97. The van der Waals surface area contributed by atoms with Crippen molar-refractivity contribution < 1.29 is 13.2 Å². The van der Waals surface area contributed by atoms with Gasteiger partial charge in [-0.1, -0.05) is 43.5 Å². The van der Waals surface area contributed by atoms with Gasteiger partial charge in [0.05, 0.1) is 4.90 Å². The van der Waals surface area contributed by atoms with Crippen LogP contribution in [0.2, 0.25) is 0 Å². The van der Waals surface area contributed by atoms with Gasteiger partial charge < -0.3 is 15.5 Å². The first-order chi connectivity index (χ1) is 13.9. The van der Waals surface area contributed by atoms with Crippen LogP contribution >= 0.6 is 0 Å². The molecule has 158 valence electrons. The highest BCUT2D eigenvalue weighted by atomic mass is 32.2. The fourth-order valence-corrected chi connectivity index (χ4v) is 5.06. The molecule has 3 rings (SSSR count). The first kappa shape index (κ1) is 21.4. The number of anilines is 1. The van der Waals surface area contributed by atoms with Gasteiger partial charge in [-0.3, -0.25) is 0 Å². The molecule has 0 spiro atoms. The summed E-state index contributed by atoms with van der Waals surface area (Å²) in [6, 6.07) is 10.9. The third-order valence-electron chi connectivity index (χ3n) is 5.27. The summed E-state index contributed by atoms with van der Waals surface area (Å²) in [5.74, 6) is 0. The Hall–Kier alpha value is -2.32. The predicted octanol–water partition coefficient (Wildman–Crippen LogP) is 2.82. The Morgan fingerprint density at radius 1 is 1.00 bits per heavy atom. The zero-order valence-corrected chi connectivity index (χ0v) is 17.9. The summed E-state index contributed by atoms with van der Waals surface area (Å²) in [6.45, 7) is 0.357. The minimum atomic E-state index is -3.69. The van der Waals surface area contributed by atoms with Crippen LogP contribution in [0.4, 0.5) is 10.5 Å². The van der Waals surface area contributed by atoms with Crippen molar-refractivity contribution in [2.45, 2.75) is 43.0 Å². The summed E-state index contributed by atoms with van der Waals surface area (Å²) >= 11 is 0. The van der Waals surface area contributed by atoms with Crippen molar-refractivity contribution in [2.75, 3.05) is 32.1 Å². The summed E-state index contributed by atoms with van der Waals surface area (Å²) in [7, 11) is 0.163. The van der Waals surface area contributed by atoms with E-state index >= 15 is 0 Å². The maximum absolute atomic E-state index is 12.8. The van der Waals surface area contributed by atoms with Crippen LogP contribution in [0.1, 0.15) is 32.1 Å². The van der Waals surface area contributed by atoms with E-state index in [1.807, 2.05) is 43.3 Å². The van der Waals surface area contributed by atoms with Crippen molar-refractivity contribution in [2.24, 2.45) is 0 Å². The lowest BCUT2D eigenvalue weighted by Gasteiger charge is -2.22. The lowest BCUT2D eigenvalue weighted by atomic mass is 9.96. The summed E-state index contributed by atoms with van der Waals surface area (Å²) in [5.41, 5.74) is 0.959. The van der Waals surface area contributed by atoms with Gasteiger partial charge in [0.15, 0.2) is 0 Å². The summed E-state index contributed by atoms with van der Waals surface area (Å²) in [4.78, 5) is 14.2. The molecule has 2 amide bonds. The minimum Gasteiger partial charge on any atom is -0.377 e. The molecule has 1 aliphatic carbocycles. The van der Waals surface area contributed by atoms with Gasteiger partial charge >= 0.3 is 6.03 Å². The van der Waals surface area contributed by atoms with E-state index in [2.05, 4.69) is 15.4 Å². The standard InChI is InChI=1S/C21H30N4O3S/c1-25(2)19-12-6-11-18-17(19)10-7-13-20(18)29(27,28)23-15-14-22-21(26)24-16-8-4-3-5-9-16/h6-7,10-13,16,23H,3-5,8-9,14-15H2,1-2H3,(H2,22,24,26). The first-order valence-electron chi connectivity index (χ1n) is 10.1. The molecule has 0 bridgehead atoms. The average molecular weight is 419 g/mol. The van der Waals surface area contributed by atoms with Crippen molar-refractivity contribution >= 4 is 32.5 Å². The first-order valence-corrected chi connectivity index (χ1v) is 11.6. The quantitative estimate of drug-likeness (QED) is 0.603. The van der Waals surface area contributed by atoms with Crippen LogP contribution in [-0.4, -0.2) is 47.7 Å². The van der Waals surface area contributed by atoms with Crippen LogP contribution in [0.3, 0.4) is 0 Å². The third-order valence-corrected chi connectivity index (χ3v) is 6.79. The van der Waals surface area contributed by atoms with Gasteiger partial charge in [0.1, 0.15) is 0 Å². The Labute approximate surface area is 172 Å². The number of amides is 2. The number of fused-ring (bicyclic) bond motifs is 1. The van der Waals surface area contributed by atoms with Crippen molar-refractivity contribution in [3.8, 4) is 0 Å². The van der Waals surface area contributed by atoms with Crippen molar-refractivity contribution in [1.82, 2.24) is 15.4 Å². The summed E-state index contributed by atoms with van der Waals surface area (Å²) in [6.07, 6.45) is 5.54. The number of nitrogens with zero attached hydrogens (tertiary/aromatic N) is 1. The van der Waals surface area contributed by atoms with Gasteiger partial charge in [0.2, 0.25) is 10.0 Å². The molecular formula is C21H30N4O3S. The van der Waals surface area contributed by atoms with E-state index in [0.717, 1.165) is 36.8 Å². The lowest BCUT2D eigenvalue weighted by molar-refractivity contribution is 0.233. The normalized spacial score (nSPS) is 15.2. The number of rotatable bonds is 7. The third kappa shape index (κ3) is 5.39. The number of hydrogen-bond donors (Lipinski definition) is 3. The second-order valence-electron chi connectivity index (χ2n) is 7.66. The number of hydrogen-bond acceptors (Lipinski definition) is 4. The van der Waals surface area contributed by atoms with E-state index in [-0.39, 0.29) is 30.1 Å². The molecule has 29 heavy (non-hydrogen) atoms. The number of carbonyl (C=O) groups is 1. The van der Waals surface area contributed by atoms with Crippen LogP contribution in [-0.2, 0) is 10.0 Å². The molecule has 0 aliphatic heterocycles. The lowest BCUT2D eigenvalue weighted by Crippen LogP contribution is -2.45. The monoisotopic (exact) mass is 418 g/mol. The Morgan fingerprint density at radius 2 is 1.69 bits per heavy atom. The van der Waals surface area contributed by atoms with Gasteiger partial charge in [-0.25, -0.2) is 17.9 Å². The van der Waals surface area contributed by atoms with Gasteiger partial charge in [0, 0.05) is 49.7 Å². The predicted molar refractivity (Wildman–Crippen MR) is 117 cm³/mol. The Bertz CT molecular complexity index is 954. The van der Waals surface area contributed by atoms with E-state index in [1.54, 1.807) is 12.1 Å². The average Bonchev–Trinajstić information content (AvgIpc) is 2.71. The fraction of sp³-hybridized carbons (Fsp3) is 0.476. The van der Waals surface area contributed by atoms with E-state index in [1.165, 1.54) is 6.42 Å². The minimum absolute atomic E-state index is 0.129. The molecule has 8 heteroatoms. The van der Waals surface area contributed by atoms with Crippen LogP contribution in [0.15, 0.2) is 41.3 Å². The summed E-state index contributed by atoms with van der Waals surface area (Å²) in [5, 5.41) is 7.24. The largest absolute Gasteiger partial charge is 0.377 e. The Balaban J connectivity index is 1.60. The molecule has 2 aromatic rings. The van der Waals surface area contributed by atoms with Crippen LogP contribution in [0, 0.1) is 0 Å². The maximum atomic E-state index is 12.8. The van der Waals surface area contributed by atoms with Gasteiger partial charge in [0.25, 0.3) is 0 Å².